The number of methoxy groups -OCH3 is 1. The van der Waals surface area contributed by atoms with Gasteiger partial charge in [0.05, 0.1) is 26.0 Å². The van der Waals surface area contributed by atoms with Gasteiger partial charge in [-0.05, 0) is 49.7 Å². The third kappa shape index (κ3) is 4.03. The van der Waals surface area contributed by atoms with E-state index >= 15 is 0 Å². The van der Waals surface area contributed by atoms with Crippen LogP contribution in [0.15, 0.2) is 47.8 Å². The summed E-state index contributed by atoms with van der Waals surface area (Å²) in [7, 11) is 1.59. The van der Waals surface area contributed by atoms with Crippen molar-refractivity contribution in [2.24, 2.45) is 0 Å². The predicted molar refractivity (Wildman–Crippen MR) is 123 cm³/mol. The monoisotopic (exact) mass is 471 g/mol. The molecule has 0 spiro atoms. The molecule has 7 nitrogen and oxygen atoms in total. The second kappa shape index (κ2) is 8.80. The Kier molecular flexibility index (Phi) is 6.08. The fourth-order valence-corrected chi connectivity index (χ4v) is 4.58. The van der Waals surface area contributed by atoms with E-state index in [1.54, 1.807) is 38.3 Å². The van der Waals surface area contributed by atoms with Crippen LogP contribution in [-0.2, 0) is 16.9 Å². The van der Waals surface area contributed by atoms with Crippen LogP contribution in [0.25, 0.3) is 10.6 Å². The second-order valence-electron chi connectivity index (χ2n) is 7.40. The first kappa shape index (κ1) is 22.1. The molecule has 0 saturated carbocycles. The SMILES string of the molecule is CCOc1ccc(-c2nc(CN3C(=O)NC(C)(c4cccc(Cl)c4)C3=O)cs2)cc1OC. The molecule has 32 heavy (non-hydrogen) atoms. The van der Waals surface area contributed by atoms with Crippen LogP contribution in [-0.4, -0.2) is 35.5 Å². The smallest absolute Gasteiger partial charge is 0.325 e. The second-order valence-corrected chi connectivity index (χ2v) is 8.69. The van der Waals surface area contributed by atoms with Gasteiger partial charge >= 0.3 is 6.03 Å². The van der Waals surface area contributed by atoms with Gasteiger partial charge in [-0.2, -0.15) is 0 Å². The molecule has 0 aliphatic carbocycles. The summed E-state index contributed by atoms with van der Waals surface area (Å²) in [6, 6.07) is 12.1. The number of carbonyl (C=O) groups is 2. The summed E-state index contributed by atoms with van der Waals surface area (Å²) in [5.41, 5.74) is 0.939. The quantitative estimate of drug-likeness (QED) is 0.499. The highest BCUT2D eigenvalue weighted by Crippen LogP contribution is 2.35. The first-order chi connectivity index (χ1) is 15.4. The van der Waals surface area contributed by atoms with Crippen LogP contribution >= 0.6 is 22.9 Å². The Balaban J connectivity index is 1.55. The van der Waals surface area contributed by atoms with Crippen LogP contribution in [0.5, 0.6) is 11.5 Å². The van der Waals surface area contributed by atoms with Crippen molar-refractivity contribution in [2.45, 2.75) is 25.9 Å². The minimum Gasteiger partial charge on any atom is -0.493 e. The van der Waals surface area contributed by atoms with E-state index in [9.17, 15) is 9.59 Å². The van der Waals surface area contributed by atoms with Gasteiger partial charge in [-0.25, -0.2) is 9.78 Å². The van der Waals surface area contributed by atoms with Gasteiger partial charge in [-0.1, -0.05) is 23.7 Å². The number of halogens is 1. The van der Waals surface area contributed by atoms with Crippen LogP contribution in [0, 0.1) is 0 Å². The molecule has 3 aromatic rings. The molecule has 1 fully saturated rings. The number of nitrogens with one attached hydrogen (secondary N) is 1. The zero-order valence-corrected chi connectivity index (χ0v) is 19.4. The standard InChI is InChI=1S/C23H22ClN3O4S/c1-4-31-18-9-8-14(10-19(18)30-3)20-25-17(13-32-20)12-27-21(28)23(2,26-22(27)29)15-6-5-7-16(24)11-15/h5-11,13H,4,12H2,1-3H3,(H,26,29). The van der Waals surface area contributed by atoms with Gasteiger partial charge in [0.2, 0.25) is 0 Å². The van der Waals surface area contributed by atoms with Gasteiger partial charge in [-0.3, -0.25) is 9.69 Å². The number of hydrogen-bond acceptors (Lipinski definition) is 6. The molecule has 1 aliphatic rings. The first-order valence-electron chi connectivity index (χ1n) is 10.0. The average molecular weight is 472 g/mol. The molecule has 1 N–H and O–H groups in total. The molecule has 9 heteroatoms. The molecule has 1 aliphatic heterocycles. The summed E-state index contributed by atoms with van der Waals surface area (Å²) in [6.07, 6.45) is 0. The summed E-state index contributed by atoms with van der Waals surface area (Å²) in [5, 5.41) is 5.89. The maximum Gasteiger partial charge on any atom is 0.325 e. The van der Waals surface area contributed by atoms with Gasteiger partial charge in [0.15, 0.2) is 11.5 Å². The number of urea groups is 1. The molecular weight excluding hydrogens is 450 g/mol. The van der Waals surface area contributed by atoms with Crippen molar-refractivity contribution >= 4 is 34.9 Å². The zero-order chi connectivity index (χ0) is 22.9. The summed E-state index contributed by atoms with van der Waals surface area (Å²) in [5.74, 6) is 0.935. The molecule has 1 saturated heterocycles. The lowest BCUT2D eigenvalue weighted by atomic mass is 9.92. The van der Waals surface area contributed by atoms with Crippen molar-refractivity contribution in [3.63, 3.8) is 0 Å². The normalized spacial score (nSPS) is 18.1. The third-order valence-corrected chi connectivity index (χ3v) is 6.43. The molecule has 1 unspecified atom stereocenters. The van der Waals surface area contributed by atoms with Crippen LogP contribution in [0.4, 0.5) is 4.79 Å². The Morgan fingerprint density at radius 2 is 2.00 bits per heavy atom. The molecule has 4 rings (SSSR count). The summed E-state index contributed by atoms with van der Waals surface area (Å²) >= 11 is 7.51. The number of thiazole rings is 1. The maximum absolute atomic E-state index is 13.2. The van der Waals surface area contributed by atoms with E-state index in [0.717, 1.165) is 10.6 Å². The summed E-state index contributed by atoms with van der Waals surface area (Å²) in [6.45, 7) is 4.20. The van der Waals surface area contributed by atoms with Gasteiger partial charge in [0.25, 0.3) is 5.91 Å². The van der Waals surface area contributed by atoms with Gasteiger partial charge in [-0.15, -0.1) is 11.3 Å². The lowest BCUT2D eigenvalue weighted by Gasteiger charge is -2.22. The minimum atomic E-state index is -1.18. The maximum atomic E-state index is 13.2. The highest BCUT2D eigenvalue weighted by atomic mass is 35.5. The minimum absolute atomic E-state index is 0.0749. The Labute approximate surface area is 194 Å². The average Bonchev–Trinajstić information content (AvgIpc) is 3.33. The molecule has 2 aromatic carbocycles. The Morgan fingerprint density at radius 1 is 1.19 bits per heavy atom. The molecule has 1 atom stereocenters. The van der Waals surface area contributed by atoms with Crippen molar-refractivity contribution in [3.05, 3.63) is 64.1 Å². The molecule has 0 radical (unpaired) electrons. The van der Waals surface area contributed by atoms with Crippen LogP contribution in [0.2, 0.25) is 5.02 Å². The lowest BCUT2D eigenvalue weighted by Crippen LogP contribution is -2.40. The van der Waals surface area contributed by atoms with E-state index in [4.69, 9.17) is 21.1 Å². The third-order valence-electron chi connectivity index (χ3n) is 5.26. The van der Waals surface area contributed by atoms with Crippen LogP contribution in [0.1, 0.15) is 25.1 Å². The van der Waals surface area contributed by atoms with E-state index < -0.39 is 11.6 Å². The number of ether oxygens (including phenoxy) is 2. The number of carbonyl (C=O) groups excluding carboxylic acids is 2. The summed E-state index contributed by atoms with van der Waals surface area (Å²) in [4.78, 5) is 31.6. The Hall–Kier alpha value is -3.10. The number of hydrogen-bond donors (Lipinski definition) is 1. The van der Waals surface area contributed by atoms with Crippen molar-refractivity contribution < 1.29 is 19.1 Å². The number of amides is 3. The van der Waals surface area contributed by atoms with Crippen LogP contribution < -0.4 is 14.8 Å². The highest BCUT2D eigenvalue weighted by molar-refractivity contribution is 7.13. The van der Waals surface area contributed by atoms with E-state index in [-0.39, 0.29) is 12.5 Å². The van der Waals surface area contributed by atoms with Gasteiger partial charge < -0.3 is 14.8 Å². The molecule has 3 amide bonds. The first-order valence-corrected chi connectivity index (χ1v) is 11.3. The Bertz CT molecular complexity index is 1180. The largest absolute Gasteiger partial charge is 0.493 e. The van der Waals surface area contributed by atoms with Crippen molar-refractivity contribution in [3.8, 4) is 22.1 Å². The predicted octanol–water partition coefficient (Wildman–Crippen LogP) is 4.84. The molecule has 0 bridgehead atoms. The van der Waals surface area contributed by atoms with E-state index in [0.29, 0.717) is 34.4 Å². The Morgan fingerprint density at radius 3 is 2.72 bits per heavy atom. The summed E-state index contributed by atoms with van der Waals surface area (Å²) < 4.78 is 11.0. The van der Waals surface area contributed by atoms with Crippen molar-refractivity contribution in [2.75, 3.05) is 13.7 Å². The number of imide groups is 1. The molecule has 2 heterocycles. The number of nitrogens with zero attached hydrogens (tertiary/aromatic N) is 2. The van der Waals surface area contributed by atoms with E-state index in [2.05, 4.69) is 10.3 Å². The van der Waals surface area contributed by atoms with Crippen molar-refractivity contribution in [1.82, 2.24) is 15.2 Å². The lowest BCUT2D eigenvalue weighted by molar-refractivity contribution is -0.131. The molecular formula is C23H22ClN3O4S. The van der Waals surface area contributed by atoms with Gasteiger partial charge in [0.1, 0.15) is 10.5 Å². The van der Waals surface area contributed by atoms with Gasteiger partial charge in [0, 0.05) is 16.0 Å². The van der Waals surface area contributed by atoms with E-state index in [1.165, 1.54) is 16.2 Å². The number of benzene rings is 2. The fraction of sp³-hybridized carbons (Fsp3) is 0.261. The van der Waals surface area contributed by atoms with Crippen molar-refractivity contribution in [1.29, 1.82) is 0 Å². The molecule has 166 valence electrons. The van der Waals surface area contributed by atoms with Crippen LogP contribution in [0.3, 0.4) is 0 Å². The number of aromatic nitrogens is 1. The van der Waals surface area contributed by atoms with E-state index in [1.807, 2.05) is 30.5 Å². The fourth-order valence-electron chi connectivity index (χ4n) is 3.59. The molecule has 1 aromatic heterocycles. The topological polar surface area (TPSA) is 80.8 Å². The highest BCUT2D eigenvalue weighted by Gasteiger charge is 2.49. The zero-order valence-electron chi connectivity index (χ0n) is 17.8. The number of rotatable bonds is 7.